The summed E-state index contributed by atoms with van der Waals surface area (Å²) in [6.07, 6.45) is 7.29. The summed E-state index contributed by atoms with van der Waals surface area (Å²) in [7, 11) is 1.71. The summed E-state index contributed by atoms with van der Waals surface area (Å²) in [4.78, 5) is 10.9. The van der Waals surface area contributed by atoms with Crippen molar-refractivity contribution in [1.82, 2.24) is 14.9 Å². The maximum atomic E-state index is 5.48. The second-order valence-corrected chi connectivity index (χ2v) is 7.61. The molecule has 150 valence electrons. The van der Waals surface area contributed by atoms with Crippen molar-refractivity contribution >= 4 is 17.0 Å². The summed E-state index contributed by atoms with van der Waals surface area (Å²) < 4.78 is 5.48. The van der Waals surface area contributed by atoms with Gasteiger partial charge < -0.3 is 9.72 Å². The Morgan fingerprint density at radius 1 is 1.07 bits per heavy atom. The van der Waals surface area contributed by atoms with Crippen molar-refractivity contribution in [3.63, 3.8) is 0 Å². The molecule has 1 aliphatic rings. The van der Waals surface area contributed by atoms with Crippen molar-refractivity contribution in [2.45, 2.75) is 12.5 Å². The Balaban J connectivity index is 1.49. The van der Waals surface area contributed by atoms with E-state index in [-0.39, 0.29) is 6.04 Å². The van der Waals surface area contributed by atoms with Crippen LogP contribution in [-0.2, 0) is 6.42 Å². The van der Waals surface area contributed by atoms with E-state index < -0.39 is 0 Å². The lowest BCUT2D eigenvalue weighted by atomic mass is 9.95. The third kappa shape index (κ3) is 3.40. The van der Waals surface area contributed by atoms with Crippen molar-refractivity contribution in [3.05, 3.63) is 102 Å². The van der Waals surface area contributed by atoms with E-state index in [2.05, 4.69) is 64.5 Å². The van der Waals surface area contributed by atoms with E-state index in [1.54, 1.807) is 7.11 Å². The van der Waals surface area contributed by atoms with Gasteiger partial charge in [0.1, 0.15) is 5.75 Å². The number of H-pyrrole nitrogens is 1. The third-order valence-electron chi connectivity index (χ3n) is 5.88. The van der Waals surface area contributed by atoms with Crippen LogP contribution in [0.4, 0.5) is 0 Å². The van der Waals surface area contributed by atoms with Crippen molar-refractivity contribution in [1.29, 1.82) is 0 Å². The van der Waals surface area contributed by atoms with Crippen molar-refractivity contribution < 1.29 is 4.74 Å². The van der Waals surface area contributed by atoms with E-state index in [4.69, 9.17) is 9.72 Å². The topological polar surface area (TPSA) is 41.1 Å². The molecular weight excluding hydrogens is 370 g/mol. The first-order chi connectivity index (χ1) is 14.8. The van der Waals surface area contributed by atoms with Gasteiger partial charge in [0.25, 0.3) is 0 Å². The van der Waals surface area contributed by atoms with E-state index in [0.717, 1.165) is 36.5 Å². The number of methoxy groups -OCH3 is 1. The van der Waals surface area contributed by atoms with Crippen LogP contribution in [0.25, 0.3) is 17.0 Å². The van der Waals surface area contributed by atoms with Crippen molar-refractivity contribution in [2.75, 3.05) is 20.2 Å². The first-order valence-corrected chi connectivity index (χ1v) is 10.4. The molecule has 0 bridgehead atoms. The smallest absolute Gasteiger partial charge is 0.126 e. The normalized spacial score (nSPS) is 16.8. The molecule has 30 heavy (non-hydrogen) atoms. The molecule has 0 saturated carbocycles. The third-order valence-corrected chi connectivity index (χ3v) is 5.88. The monoisotopic (exact) mass is 395 g/mol. The fraction of sp³-hybridized carbons (Fsp3) is 0.192. The Hall–Kier alpha value is -3.37. The highest BCUT2D eigenvalue weighted by Gasteiger charge is 2.31. The van der Waals surface area contributed by atoms with Crippen LogP contribution in [0.3, 0.4) is 0 Å². The molecule has 0 aliphatic carbocycles. The number of nitrogens with one attached hydrogen (secondary N) is 1. The second-order valence-electron chi connectivity index (χ2n) is 7.61. The Bertz CT molecular complexity index is 1180. The molecule has 4 nitrogen and oxygen atoms in total. The number of benzene rings is 2. The van der Waals surface area contributed by atoms with Gasteiger partial charge in [0.2, 0.25) is 0 Å². The molecule has 1 unspecified atom stereocenters. The molecule has 1 aliphatic heterocycles. The second kappa shape index (κ2) is 8.17. The fourth-order valence-electron chi connectivity index (χ4n) is 4.48. The highest BCUT2D eigenvalue weighted by molar-refractivity contribution is 5.85. The highest BCUT2D eigenvalue weighted by atomic mass is 16.5. The van der Waals surface area contributed by atoms with E-state index in [1.807, 2.05) is 30.5 Å². The lowest BCUT2D eigenvalue weighted by Gasteiger charge is -2.34. The molecule has 5 rings (SSSR count). The lowest BCUT2D eigenvalue weighted by molar-refractivity contribution is 0.231. The molecule has 1 atom stereocenters. The standard InChI is InChI=1S/C26H25N3O/c1-30-24-14-5-2-9-19(24)10-8-17-29-18-15-21-20-11-3-4-12-22(20)28-25(21)26(29)23-13-6-7-16-27-23/h2-14,16,26,28H,15,17-18H2,1H3. The summed E-state index contributed by atoms with van der Waals surface area (Å²) in [5, 5.41) is 1.33. The van der Waals surface area contributed by atoms with Crippen LogP contribution < -0.4 is 4.74 Å². The van der Waals surface area contributed by atoms with E-state index in [1.165, 1.54) is 22.2 Å². The maximum Gasteiger partial charge on any atom is 0.126 e. The van der Waals surface area contributed by atoms with Gasteiger partial charge in [-0.05, 0) is 36.2 Å². The summed E-state index contributed by atoms with van der Waals surface area (Å²) in [5.74, 6) is 0.895. The zero-order chi connectivity index (χ0) is 20.3. The molecule has 0 radical (unpaired) electrons. The molecule has 2 aromatic heterocycles. The quantitative estimate of drug-likeness (QED) is 0.503. The minimum Gasteiger partial charge on any atom is -0.496 e. The summed E-state index contributed by atoms with van der Waals surface area (Å²) in [5.41, 5.74) is 6.07. The van der Waals surface area contributed by atoms with Gasteiger partial charge in [-0.3, -0.25) is 9.88 Å². The van der Waals surface area contributed by atoms with Crippen LogP contribution >= 0.6 is 0 Å². The van der Waals surface area contributed by atoms with E-state index in [9.17, 15) is 0 Å². The zero-order valence-electron chi connectivity index (χ0n) is 17.1. The average molecular weight is 396 g/mol. The first-order valence-electron chi connectivity index (χ1n) is 10.4. The van der Waals surface area contributed by atoms with Crippen molar-refractivity contribution in [3.8, 4) is 5.75 Å². The lowest BCUT2D eigenvalue weighted by Crippen LogP contribution is -2.36. The zero-order valence-corrected chi connectivity index (χ0v) is 17.1. The van der Waals surface area contributed by atoms with Gasteiger partial charge >= 0.3 is 0 Å². The number of hydrogen-bond acceptors (Lipinski definition) is 3. The number of fused-ring (bicyclic) bond motifs is 3. The van der Waals surface area contributed by atoms with Gasteiger partial charge in [-0.25, -0.2) is 0 Å². The van der Waals surface area contributed by atoms with Gasteiger partial charge in [0.05, 0.1) is 18.8 Å². The summed E-state index contributed by atoms with van der Waals surface area (Å²) in [6.45, 7) is 1.83. The molecule has 4 aromatic rings. The predicted octanol–water partition coefficient (Wildman–Crippen LogP) is 5.23. The molecule has 0 spiro atoms. The van der Waals surface area contributed by atoms with Gasteiger partial charge in [0.15, 0.2) is 0 Å². The number of aromatic nitrogens is 2. The largest absolute Gasteiger partial charge is 0.496 e. The van der Waals surface area contributed by atoms with Gasteiger partial charge in [-0.15, -0.1) is 0 Å². The average Bonchev–Trinajstić information content (AvgIpc) is 3.18. The molecule has 3 heterocycles. The van der Waals surface area contributed by atoms with Crippen LogP contribution in [-0.4, -0.2) is 35.1 Å². The van der Waals surface area contributed by atoms with Gasteiger partial charge in [-0.1, -0.05) is 54.6 Å². The van der Waals surface area contributed by atoms with Gasteiger partial charge in [0, 0.05) is 41.4 Å². The molecule has 0 fully saturated rings. The van der Waals surface area contributed by atoms with Crippen LogP contribution in [0.15, 0.2) is 79.0 Å². The maximum absolute atomic E-state index is 5.48. The van der Waals surface area contributed by atoms with E-state index in [0.29, 0.717) is 0 Å². The Morgan fingerprint density at radius 3 is 2.77 bits per heavy atom. The first kappa shape index (κ1) is 18.6. The molecule has 4 heteroatoms. The van der Waals surface area contributed by atoms with Crippen molar-refractivity contribution in [2.24, 2.45) is 0 Å². The molecule has 1 N–H and O–H groups in total. The number of rotatable bonds is 5. The molecule has 0 amide bonds. The SMILES string of the molecule is COc1ccccc1C=CCN1CCc2c([nH]c3ccccc23)C1c1ccccn1. The summed E-state index contributed by atoms with van der Waals surface area (Å²) in [6, 6.07) is 23.0. The number of ether oxygens (including phenoxy) is 1. The van der Waals surface area contributed by atoms with E-state index >= 15 is 0 Å². The minimum absolute atomic E-state index is 0.115. The van der Waals surface area contributed by atoms with Crippen LogP contribution in [0.5, 0.6) is 5.75 Å². The Morgan fingerprint density at radius 2 is 1.90 bits per heavy atom. The highest BCUT2D eigenvalue weighted by Crippen LogP contribution is 2.37. The number of nitrogens with zero attached hydrogens (tertiary/aromatic N) is 2. The molecule has 2 aromatic carbocycles. The summed E-state index contributed by atoms with van der Waals surface area (Å²) >= 11 is 0. The number of hydrogen-bond donors (Lipinski definition) is 1. The van der Waals surface area contributed by atoms with Crippen LogP contribution in [0, 0.1) is 0 Å². The fourth-order valence-corrected chi connectivity index (χ4v) is 4.48. The molecular formula is C26H25N3O. The Kier molecular flexibility index (Phi) is 5.08. The van der Waals surface area contributed by atoms with Crippen LogP contribution in [0.2, 0.25) is 0 Å². The molecule has 0 saturated heterocycles. The predicted molar refractivity (Wildman–Crippen MR) is 122 cm³/mol. The minimum atomic E-state index is 0.115. The number of para-hydroxylation sites is 2. The van der Waals surface area contributed by atoms with Crippen LogP contribution in [0.1, 0.15) is 28.6 Å². The number of aromatic amines is 1. The number of pyridine rings is 1. The van der Waals surface area contributed by atoms with Gasteiger partial charge in [-0.2, -0.15) is 0 Å². The Labute approximate surface area is 176 Å².